The predicted molar refractivity (Wildman–Crippen MR) is 66.5 cm³/mol. The molecule has 0 aromatic carbocycles. The first kappa shape index (κ1) is 10.5. The average Bonchev–Trinajstić information content (AvgIpc) is 2.73. The van der Waals surface area contributed by atoms with E-state index in [9.17, 15) is 0 Å². The zero-order valence-electron chi connectivity index (χ0n) is 9.06. The third kappa shape index (κ3) is 1.82. The van der Waals surface area contributed by atoms with Gasteiger partial charge in [0.15, 0.2) is 0 Å². The van der Waals surface area contributed by atoms with E-state index in [1.54, 1.807) is 6.33 Å². The Bertz CT molecular complexity index is 370. The van der Waals surface area contributed by atoms with Gasteiger partial charge < -0.3 is 10.2 Å². The van der Waals surface area contributed by atoms with Crippen LogP contribution >= 0.6 is 15.9 Å². The molecule has 0 bridgehead atoms. The van der Waals surface area contributed by atoms with Gasteiger partial charge in [0.25, 0.3) is 0 Å². The van der Waals surface area contributed by atoms with E-state index in [1.807, 2.05) is 6.20 Å². The van der Waals surface area contributed by atoms with E-state index in [-0.39, 0.29) is 0 Å². The number of halogens is 1. The average molecular weight is 283 g/mol. The molecule has 0 saturated carbocycles. The minimum Gasteiger partial charge on any atom is -0.354 e. The Morgan fingerprint density at radius 1 is 1.44 bits per heavy atom. The van der Waals surface area contributed by atoms with Crippen molar-refractivity contribution in [3.63, 3.8) is 0 Å². The molecule has 0 amide bonds. The molecule has 1 aromatic rings. The van der Waals surface area contributed by atoms with Crippen LogP contribution < -0.4 is 10.2 Å². The first-order chi connectivity index (χ1) is 7.84. The second-order valence-corrected chi connectivity index (χ2v) is 5.42. The number of nitrogens with zero attached hydrogens (tertiary/aromatic N) is 3. The summed E-state index contributed by atoms with van der Waals surface area (Å²) in [6.07, 6.45) is 6.09. The smallest absolute Gasteiger partial charge is 0.146 e. The fourth-order valence-corrected chi connectivity index (χ4v) is 3.23. The minimum atomic E-state index is 0.649. The van der Waals surface area contributed by atoms with Crippen LogP contribution in [0.15, 0.2) is 17.0 Å². The van der Waals surface area contributed by atoms with Gasteiger partial charge in [0.1, 0.15) is 12.1 Å². The highest BCUT2D eigenvalue weighted by molar-refractivity contribution is 9.10. The molecule has 1 N–H and O–H groups in total. The lowest BCUT2D eigenvalue weighted by molar-refractivity contribution is 0.340. The molecule has 86 valence electrons. The van der Waals surface area contributed by atoms with E-state index >= 15 is 0 Å². The first-order valence-electron chi connectivity index (χ1n) is 5.78. The fraction of sp³-hybridized carbons (Fsp3) is 0.636. The predicted octanol–water partition coefficient (Wildman–Crippen LogP) is 1.43. The van der Waals surface area contributed by atoms with Crippen molar-refractivity contribution in [3.8, 4) is 0 Å². The van der Waals surface area contributed by atoms with Crippen LogP contribution in [0.2, 0.25) is 0 Å². The number of fused-ring (bicyclic) bond motifs is 1. The van der Waals surface area contributed by atoms with Crippen LogP contribution in [0.25, 0.3) is 0 Å². The van der Waals surface area contributed by atoms with Gasteiger partial charge in [-0.25, -0.2) is 9.97 Å². The van der Waals surface area contributed by atoms with Gasteiger partial charge in [-0.2, -0.15) is 0 Å². The summed E-state index contributed by atoms with van der Waals surface area (Å²) in [6.45, 7) is 3.35. The molecule has 3 heterocycles. The minimum absolute atomic E-state index is 0.649. The molecule has 2 fully saturated rings. The monoisotopic (exact) mass is 282 g/mol. The van der Waals surface area contributed by atoms with Crippen molar-refractivity contribution < 1.29 is 0 Å². The molecular formula is C11H15BrN4. The zero-order chi connectivity index (χ0) is 11.0. The lowest BCUT2D eigenvalue weighted by Gasteiger charge is -2.24. The van der Waals surface area contributed by atoms with Crippen molar-refractivity contribution in [3.05, 3.63) is 17.0 Å². The van der Waals surface area contributed by atoms with E-state index in [4.69, 9.17) is 0 Å². The van der Waals surface area contributed by atoms with Gasteiger partial charge in [-0.05, 0) is 41.2 Å². The van der Waals surface area contributed by atoms with Crippen molar-refractivity contribution in [2.24, 2.45) is 5.92 Å². The summed E-state index contributed by atoms with van der Waals surface area (Å²) in [5.41, 5.74) is 0. The standard InChI is InChI=1S/C11H15BrN4/c12-9-4-13-7-15-11(9)16-5-8-2-1-3-14-10(8)6-16/h4,7-8,10,14H,1-3,5-6H2. The van der Waals surface area contributed by atoms with Gasteiger partial charge in [0.2, 0.25) is 0 Å². The molecule has 2 atom stereocenters. The summed E-state index contributed by atoms with van der Waals surface area (Å²) in [4.78, 5) is 10.7. The molecular weight excluding hydrogens is 268 g/mol. The molecule has 5 heteroatoms. The molecule has 16 heavy (non-hydrogen) atoms. The van der Waals surface area contributed by atoms with E-state index in [0.717, 1.165) is 29.3 Å². The highest BCUT2D eigenvalue weighted by Gasteiger charge is 2.35. The van der Waals surface area contributed by atoms with Crippen LogP contribution in [0.1, 0.15) is 12.8 Å². The third-order valence-corrected chi connectivity index (χ3v) is 4.11. The van der Waals surface area contributed by atoms with Crippen LogP contribution in [-0.4, -0.2) is 35.6 Å². The van der Waals surface area contributed by atoms with Crippen molar-refractivity contribution in [1.82, 2.24) is 15.3 Å². The number of hydrogen-bond acceptors (Lipinski definition) is 4. The van der Waals surface area contributed by atoms with Crippen LogP contribution in [-0.2, 0) is 0 Å². The summed E-state index contributed by atoms with van der Waals surface area (Å²) >= 11 is 3.52. The molecule has 2 aliphatic rings. The van der Waals surface area contributed by atoms with E-state index in [1.165, 1.54) is 19.4 Å². The van der Waals surface area contributed by atoms with Gasteiger partial charge in [0.05, 0.1) is 4.47 Å². The molecule has 2 saturated heterocycles. The lowest BCUT2D eigenvalue weighted by Crippen LogP contribution is -2.40. The summed E-state index contributed by atoms with van der Waals surface area (Å²) in [7, 11) is 0. The second kappa shape index (κ2) is 4.30. The van der Waals surface area contributed by atoms with Gasteiger partial charge >= 0.3 is 0 Å². The number of hydrogen-bond donors (Lipinski definition) is 1. The number of piperidine rings is 1. The summed E-state index contributed by atoms with van der Waals surface area (Å²) in [5.74, 6) is 1.82. The van der Waals surface area contributed by atoms with Gasteiger partial charge in [-0.1, -0.05) is 0 Å². The van der Waals surface area contributed by atoms with Gasteiger partial charge in [0, 0.05) is 25.3 Å². The van der Waals surface area contributed by atoms with E-state index in [2.05, 4.69) is 36.1 Å². The lowest BCUT2D eigenvalue weighted by atomic mass is 9.94. The quantitative estimate of drug-likeness (QED) is 0.846. The maximum absolute atomic E-state index is 4.36. The molecule has 0 radical (unpaired) electrons. The fourth-order valence-electron chi connectivity index (χ4n) is 2.76. The maximum Gasteiger partial charge on any atom is 0.146 e. The van der Waals surface area contributed by atoms with Crippen molar-refractivity contribution in [2.75, 3.05) is 24.5 Å². The Kier molecular flexibility index (Phi) is 2.81. The highest BCUT2D eigenvalue weighted by Crippen LogP contribution is 2.31. The number of rotatable bonds is 1. The summed E-state index contributed by atoms with van der Waals surface area (Å²) < 4.78 is 0.994. The Morgan fingerprint density at radius 2 is 2.38 bits per heavy atom. The topological polar surface area (TPSA) is 41.1 Å². The van der Waals surface area contributed by atoms with E-state index < -0.39 is 0 Å². The van der Waals surface area contributed by atoms with Crippen LogP contribution in [0.3, 0.4) is 0 Å². The van der Waals surface area contributed by atoms with Crippen molar-refractivity contribution >= 4 is 21.7 Å². The first-order valence-corrected chi connectivity index (χ1v) is 6.58. The molecule has 0 aliphatic carbocycles. The Balaban J connectivity index is 1.80. The summed E-state index contributed by atoms with van der Waals surface area (Å²) in [5, 5.41) is 3.60. The van der Waals surface area contributed by atoms with E-state index in [0.29, 0.717) is 6.04 Å². The molecule has 0 spiro atoms. The van der Waals surface area contributed by atoms with Crippen LogP contribution in [0, 0.1) is 5.92 Å². The largest absolute Gasteiger partial charge is 0.354 e. The second-order valence-electron chi connectivity index (χ2n) is 4.56. The molecule has 1 aromatic heterocycles. The maximum atomic E-state index is 4.36. The SMILES string of the molecule is Brc1cncnc1N1CC2CCCNC2C1. The van der Waals surface area contributed by atoms with Gasteiger partial charge in [-0.3, -0.25) is 0 Å². The van der Waals surface area contributed by atoms with Gasteiger partial charge in [-0.15, -0.1) is 0 Å². The molecule has 2 aliphatic heterocycles. The van der Waals surface area contributed by atoms with Crippen molar-refractivity contribution in [2.45, 2.75) is 18.9 Å². The number of nitrogens with one attached hydrogen (secondary N) is 1. The van der Waals surface area contributed by atoms with Crippen molar-refractivity contribution in [1.29, 1.82) is 0 Å². The Labute approximate surface area is 104 Å². The van der Waals surface area contributed by atoms with Crippen LogP contribution in [0.5, 0.6) is 0 Å². The zero-order valence-corrected chi connectivity index (χ0v) is 10.7. The molecule has 4 nitrogen and oxygen atoms in total. The van der Waals surface area contributed by atoms with Crippen LogP contribution in [0.4, 0.5) is 5.82 Å². The Hall–Kier alpha value is -0.680. The Morgan fingerprint density at radius 3 is 3.19 bits per heavy atom. The highest BCUT2D eigenvalue weighted by atomic mass is 79.9. The molecule has 3 rings (SSSR count). The molecule has 2 unspecified atom stereocenters. The number of aromatic nitrogens is 2. The summed E-state index contributed by atoms with van der Waals surface area (Å²) in [6, 6.07) is 0.649. The normalized spacial score (nSPS) is 29.2. The number of anilines is 1. The third-order valence-electron chi connectivity index (χ3n) is 3.55.